The molecule has 0 radical (unpaired) electrons. The smallest absolute Gasteiger partial charge is 0.193 e. The van der Waals surface area contributed by atoms with Gasteiger partial charge < -0.3 is 14.8 Å². The maximum Gasteiger partial charge on any atom is 0.193 e. The Morgan fingerprint density at radius 2 is 1.48 bits per heavy atom. The highest BCUT2D eigenvalue weighted by atomic mass is 16.5. The van der Waals surface area contributed by atoms with Gasteiger partial charge in [0, 0.05) is 28.3 Å². The van der Waals surface area contributed by atoms with Gasteiger partial charge in [0.2, 0.25) is 0 Å². The van der Waals surface area contributed by atoms with Crippen LogP contribution in [-0.2, 0) is 0 Å². The van der Waals surface area contributed by atoms with Gasteiger partial charge in [-0.2, -0.15) is 0 Å². The van der Waals surface area contributed by atoms with E-state index in [1.54, 1.807) is 26.4 Å². The number of fused-ring (bicyclic) bond motifs is 1. The minimum atomic E-state index is -0.0125. The quantitative estimate of drug-likeness (QED) is 0.488. The zero-order valence-electron chi connectivity index (χ0n) is 16.0. The number of ketones is 1. The lowest BCUT2D eigenvalue weighted by atomic mass is 10.0. The summed E-state index contributed by atoms with van der Waals surface area (Å²) in [4.78, 5) is 21.2. The predicted octanol–water partition coefficient (Wildman–Crippen LogP) is 4.62. The van der Waals surface area contributed by atoms with Gasteiger partial charge in [-0.1, -0.05) is 30.3 Å². The highest BCUT2D eigenvalue weighted by Gasteiger charge is 2.12. The second-order valence-corrected chi connectivity index (χ2v) is 6.34. The van der Waals surface area contributed by atoms with Crippen molar-refractivity contribution in [3.8, 4) is 11.5 Å². The summed E-state index contributed by atoms with van der Waals surface area (Å²) < 4.78 is 10.7. The number of nitrogens with zero attached hydrogens (tertiary/aromatic N) is 2. The lowest BCUT2D eigenvalue weighted by Crippen LogP contribution is -2.01. The van der Waals surface area contributed by atoms with Crippen molar-refractivity contribution in [1.29, 1.82) is 0 Å². The number of benzene rings is 3. The van der Waals surface area contributed by atoms with Crippen molar-refractivity contribution in [2.75, 3.05) is 19.5 Å². The Labute approximate surface area is 168 Å². The minimum absolute atomic E-state index is 0.0125. The molecule has 6 nitrogen and oxygen atoms in total. The van der Waals surface area contributed by atoms with Crippen molar-refractivity contribution in [3.05, 3.63) is 84.2 Å². The number of methoxy groups -OCH3 is 2. The zero-order chi connectivity index (χ0) is 20.2. The molecule has 0 atom stereocenters. The molecule has 0 aliphatic heterocycles. The van der Waals surface area contributed by atoms with E-state index in [2.05, 4.69) is 15.3 Å². The standard InChI is InChI=1S/C23H19N3O3/c1-28-20-12-18-19(13-21(20)29-2)24-14-25-23(18)26-17-10-8-16(9-11-17)22(27)15-6-4-3-5-7-15/h3-14H,1-2H3,(H,24,25,26). The van der Waals surface area contributed by atoms with Gasteiger partial charge in [-0.3, -0.25) is 4.79 Å². The van der Waals surface area contributed by atoms with E-state index in [4.69, 9.17) is 9.47 Å². The molecule has 4 aromatic rings. The number of rotatable bonds is 6. The molecule has 0 unspecified atom stereocenters. The fourth-order valence-electron chi connectivity index (χ4n) is 3.08. The van der Waals surface area contributed by atoms with Crippen LogP contribution in [0.1, 0.15) is 15.9 Å². The fraction of sp³-hybridized carbons (Fsp3) is 0.0870. The molecule has 0 bridgehead atoms. The van der Waals surface area contributed by atoms with E-state index in [9.17, 15) is 4.79 Å². The van der Waals surface area contributed by atoms with Crippen LogP contribution >= 0.6 is 0 Å². The predicted molar refractivity (Wildman–Crippen MR) is 112 cm³/mol. The number of aromatic nitrogens is 2. The summed E-state index contributed by atoms with van der Waals surface area (Å²) in [5.74, 6) is 1.83. The van der Waals surface area contributed by atoms with Crippen LogP contribution in [-0.4, -0.2) is 30.0 Å². The van der Waals surface area contributed by atoms with E-state index in [1.807, 2.05) is 54.6 Å². The summed E-state index contributed by atoms with van der Waals surface area (Å²) in [6, 6.07) is 20.2. The summed E-state index contributed by atoms with van der Waals surface area (Å²) in [6.07, 6.45) is 1.49. The molecule has 0 amide bonds. The Morgan fingerprint density at radius 1 is 0.828 bits per heavy atom. The van der Waals surface area contributed by atoms with Crippen molar-refractivity contribution in [3.63, 3.8) is 0 Å². The zero-order valence-corrected chi connectivity index (χ0v) is 16.0. The van der Waals surface area contributed by atoms with E-state index in [0.717, 1.165) is 16.6 Å². The molecule has 0 saturated heterocycles. The first-order valence-electron chi connectivity index (χ1n) is 9.03. The molecule has 1 aromatic heterocycles. The maximum absolute atomic E-state index is 12.6. The molecule has 6 heteroatoms. The maximum atomic E-state index is 12.6. The van der Waals surface area contributed by atoms with Gasteiger partial charge in [0.05, 0.1) is 19.7 Å². The highest BCUT2D eigenvalue weighted by Crippen LogP contribution is 2.34. The third-order valence-electron chi connectivity index (χ3n) is 4.59. The molecule has 1 N–H and O–H groups in total. The summed E-state index contributed by atoms with van der Waals surface area (Å²) >= 11 is 0. The number of anilines is 2. The van der Waals surface area contributed by atoms with Crippen molar-refractivity contribution >= 4 is 28.2 Å². The first kappa shape index (κ1) is 18.4. The lowest BCUT2D eigenvalue weighted by Gasteiger charge is -2.12. The number of carbonyl (C=O) groups excluding carboxylic acids is 1. The van der Waals surface area contributed by atoms with Crippen LogP contribution in [0.3, 0.4) is 0 Å². The highest BCUT2D eigenvalue weighted by molar-refractivity contribution is 6.09. The van der Waals surface area contributed by atoms with Crippen LogP contribution in [0.4, 0.5) is 11.5 Å². The van der Waals surface area contributed by atoms with Gasteiger partial charge in [0.1, 0.15) is 12.1 Å². The van der Waals surface area contributed by atoms with Crippen LogP contribution in [0.15, 0.2) is 73.1 Å². The second-order valence-electron chi connectivity index (χ2n) is 6.34. The number of carbonyl (C=O) groups is 1. The van der Waals surface area contributed by atoms with Gasteiger partial charge in [0.15, 0.2) is 17.3 Å². The van der Waals surface area contributed by atoms with Gasteiger partial charge in [0.25, 0.3) is 0 Å². The number of hydrogen-bond acceptors (Lipinski definition) is 6. The largest absolute Gasteiger partial charge is 0.493 e. The lowest BCUT2D eigenvalue weighted by molar-refractivity contribution is 0.103. The van der Waals surface area contributed by atoms with Crippen molar-refractivity contribution in [2.45, 2.75) is 0 Å². The average Bonchev–Trinajstić information content (AvgIpc) is 2.79. The summed E-state index contributed by atoms with van der Waals surface area (Å²) in [6.45, 7) is 0. The molecule has 0 fully saturated rings. The van der Waals surface area contributed by atoms with Crippen LogP contribution in [0.2, 0.25) is 0 Å². The molecule has 1 heterocycles. The van der Waals surface area contributed by atoms with Crippen molar-refractivity contribution < 1.29 is 14.3 Å². The fourth-order valence-corrected chi connectivity index (χ4v) is 3.08. The Bertz CT molecular complexity index is 1160. The Kier molecular flexibility index (Phi) is 5.07. The molecule has 3 aromatic carbocycles. The number of ether oxygens (including phenoxy) is 2. The molecule has 0 saturated carbocycles. The molecule has 29 heavy (non-hydrogen) atoms. The first-order valence-corrected chi connectivity index (χ1v) is 9.03. The Hall–Kier alpha value is -3.93. The molecule has 0 aliphatic rings. The van der Waals surface area contributed by atoms with Gasteiger partial charge in [-0.05, 0) is 30.3 Å². The Morgan fingerprint density at radius 3 is 2.17 bits per heavy atom. The molecular formula is C23H19N3O3. The van der Waals surface area contributed by atoms with Gasteiger partial charge >= 0.3 is 0 Å². The summed E-state index contributed by atoms with van der Waals surface area (Å²) in [5.41, 5.74) is 2.83. The number of nitrogens with one attached hydrogen (secondary N) is 1. The SMILES string of the molecule is COc1cc2ncnc(Nc3ccc(C(=O)c4ccccc4)cc3)c2cc1OC. The van der Waals surface area contributed by atoms with E-state index in [0.29, 0.717) is 28.4 Å². The molecule has 4 rings (SSSR count). The van der Waals surface area contributed by atoms with E-state index in [-0.39, 0.29) is 5.78 Å². The number of hydrogen-bond donors (Lipinski definition) is 1. The normalized spacial score (nSPS) is 10.6. The van der Waals surface area contributed by atoms with E-state index >= 15 is 0 Å². The monoisotopic (exact) mass is 385 g/mol. The third-order valence-corrected chi connectivity index (χ3v) is 4.59. The van der Waals surface area contributed by atoms with E-state index < -0.39 is 0 Å². The molecule has 0 spiro atoms. The van der Waals surface area contributed by atoms with Gasteiger partial charge in [-0.25, -0.2) is 9.97 Å². The van der Waals surface area contributed by atoms with Crippen LogP contribution < -0.4 is 14.8 Å². The van der Waals surface area contributed by atoms with Crippen molar-refractivity contribution in [1.82, 2.24) is 9.97 Å². The van der Waals surface area contributed by atoms with Crippen LogP contribution in [0, 0.1) is 0 Å². The molecule has 0 aliphatic carbocycles. The minimum Gasteiger partial charge on any atom is -0.493 e. The second kappa shape index (κ2) is 7.98. The van der Waals surface area contributed by atoms with Crippen LogP contribution in [0.5, 0.6) is 11.5 Å². The molecular weight excluding hydrogens is 366 g/mol. The summed E-state index contributed by atoms with van der Waals surface area (Å²) in [5, 5.41) is 4.08. The van der Waals surface area contributed by atoms with E-state index in [1.165, 1.54) is 6.33 Å². The Balaban J connectivity index is 1.62. The van der Waals surface area contributed by atoms with Gasteiger partial charge in [-0.15, -0.1) is 0 Å². The van der Waals surface area contributed by atoms with Crippen LogP contribution in [0.25, 0.3) is 10.9 Å². The molecule has 144 valence electrons. The summed E-state index contributed by atoms with van der Waals surface area (Å²) in [7, 11) is 3.17. The first-order chi connectivity index (χ1) is 14.2. The average molecular weight is 385 g/mol. The topological polar surface area (TPSA) is 73.3 Å². The third kappa shape index (κ3) is 3.73. The van der Waals surface area contributed by atoms with Crippen molar-refractivity contribution in [2.24, 2.45) is 0 Å².